The SMILES string of the molecule is O=C(O)CCCc1ccc(-n2cc(COC3CCCCO3)nn2)cc1. The number of hydrogen-bond donors (Lipinski definition) is 1. The summed E-state index contributed by atoms with van der Waals surface area (Å²) in [6.07, 6.45) is 6.47. The summed E-state index contributed by atoms with van der Waals surface area (Å²) in [5, 5.41) is 16.9. The Bertz CT molecular complexity index is 678. The summed E-state index contributed by atoms with van der Waals surface area (Å²) in [5.41, 5.74) is 2.79. The summed E-state index contributed by atoms with van der Waals surface area (Å²) in [5.74, 6) is -0.757. The van der Waals surface area contributed by atoms with Gasteiger partial charge in [-0.3, -0.25) is 4.79 Å². The van der Waals surface area contributed by atoms with Gasteiger partial charge in [0.05, 0.1) is 18.5 Å². The van der Waals surface area contributed by atoms with E-state index < -0.39 is 5.97 Å². The molecule has 0 bridgehead atoms. The van der Waals surface area contributed by atoms with Gasteiger partial charge in [-0.1, -0.05) is 17.3 Å². The quantitative estimate of drug-likeness (QED) is 0.791. The topological polar surface area (TPSA) is 86.5 Å². The van der Waals surface area contributed by atoms with E-state index in [1.165, 1.54) is 0 Å². The smallest absolute Gasteiger partial charge is 0.303 e. The van der Waals surface area contributed by atoms with Gasteiger partial charge in [-0.15, -0.1) is 5.10 Å². The van der Waals surface area contributed by atoms with E-state index >= 15 is 0 Å². The molecular formula is C18H23N3O4. The van der Waals surface area contributed by atoms with Gasteiger partial charge in [0.2, 0.25) is 0 Å². The number of aliphatic carboxylic acids is 1. The van der Waals surface area contributed by atoms with E-state index in [1.807, 2.05) is 30.5 Å². The van der Waals surface area contributed by atoms with Crippen molar-refractivity contribution in [3.05, 3.63) is 41.7 Å². The molecule has 0 radical (unpaired) electrons. The van der Waals surface area contributed by atoms with E-state index in [4.69, 9.17) is 14.6 Å². The van der Waals surface area contributed by atoms with E-state index in [2.05, 4.69) is 10.3 Å². The third-order valence-corrected chi connectivity index (χ3v) is 4.15. The van der Waals surface area contributed by atoms with Crippen LogP contribution in [0.3, 0.4) is 0 Å². The van der Waals surface area contributed by atoms with Gasteiger partial charge in [0, 0.05) is 13.0 Å². The minimum absolute atomic E-state index is 0.135. The zero-order chi connectivity index (χ0) is 17.5. The van der Waals surface area contributed by atoms with Crippen molar-refractivity contribution in [2.75, 3.05) is 6.61 Å². The predicted molar refractivity (Wildman–Crippen MR) is 90.3 cm³/mol. The maximum Gasteiger partial charge on any atom is 0.303 e. The Hall–Kier alpha value is -2.25. The Kier molecular flexibility index (Phi) is 6.14. The van der Waals surface area contributed by atoms with Crippen LogP contribution in [0.4, 0.5) is 0 Å². The van der Waals surface area contributed by atoms with Crippen molar-refractivity contribution < 1.29 is 19.4 Å². The lowest BCUT2D eigenvalue weighted by Crippen LogP contribution is -2.22. The molecule has 7 heteroatoms. The number of carbonyl (C=O) groups is 1. The lowest BCUT2D eigenvalue weighted by Gasteiger charge is -2.22. The van der Waals surface area contributed by atoms with Crippen molar-refractivity contribution in [1.82, 2.24) is 15.0 Å². The standard InChI is InChI=1S/C18H23N3O4/c22-17(23)5-3-4-14-7-9-16(10-8-14)21-12-15(19-20-21)13-25-18-6-1-2-11-24-18/h7-10,12,18H,1-6,11,13H2,(H,22,23). The highest BCUT2D eigenvalue weighted by Crippen LogP contribution is 2.16. The van der Waals surface area contributed by atoms with E-state index in [0.717, 1.165) is 49.2 Å². The van der Waals surface area contributed by atoms with Crippen molar-refractivity contribution >= 4 is 5.97 Å². The number of carboxylic acid groups (broad SMARTS) is 1. The molecule has 1 aromatic heterocycles. The number of benzene rings is 1. The lowest BCUT2D eigenvalue weighted by atomic mass is 10.1. The van der Waals surface area contributed by atoms with Crippen molar-refractivity contribution in [2.24, 2.45) is 0 Å². The summed E-state index contributed by atoms with van der Waals surface area (Å²) in [6, 6.07) is 7.90. The van der Waals surface area contributed by atoms with Gasteiger partial charge in [-0.05, 0) is 49.8 Å². The Morgan fingerprint density at radius 2 is 2.16 bits per heavy atom. The number of nitrogens with zero attached hydrogens (tertiary/aromatic N) is 3. The molecule has 1 fully saturated rings. The molecule has 2 aromatic rings. The Labute approximate surface area is 146 Å². The van der Waals surface area contributed by atoms with Gasteiger partial charge in [-0.25, -0.2) is 4.68 Å². The molecule has 134 valence electrons. The van der Waals surface area contributed by atoms with E-state index in [9.17, 15) is 4.79 Å². The summed E-state index contributed by atoms with van der Waals surface area (Å²) in [4.78, 5) is 10.5. The van der Waals surface area contributed by atoms with Crippen molar-refractivity contribution in [2.45, 2.75) is 51.4 Å². The van der Waals surface area contributed by atoms with Crippen LogP contribution in [0.25, 0.3) is 5.69 Å². The monoisotopic (exact) mass is 345 g/mol. The van der Waals surface area contributed by atoms with Crippen molar-refractivity contribution in [1.29, 1.82) is 0 Å². The first-order valence-electron chi connectivity index (χ1n) is 8.66. The number of hydrogen-bond acceptors (Lipinski definition) is 5. The van der Waals surface area contributed by atoms with Crippen molar-refractivity contribution in [3.8, 4) is 5.69 Å². The first-order chi connectivity index (χ1) is 12.2. The maximum atomic E-state index is 10.5. The fraction of sp³-hybridized carbons (Fsp3) is 0.500. The number of carboxylic acids is 1. The van der Waals surface area contributed by atoms with E-state index in [1.54, 1.807) is 4.68 Å². The summed E-state index contributed by atoms with van der Waals surface area (Å²) >= 11 is 0. The van der Waals surface area contributed by atoms with Gasteiger partial charge in [0.1, 0.15) is 5.69 Å². The summed E-state index contributed by atoms with van der Waals surface area (Å²) in [7, 11) is 0. The van der Waals surface area contributed by atoms with Crippen molar-refractivity contribution in [3.63, 3.8) is 0 Å². The first kappa shape index (κ1) is 17.6. The van der Waals surface area contributed by atoms with Crippen LogP contribution < -0.4 is 0 Å². The number of aryl methyl sites for hydroxylation is 1. The molecule has 1 atom stereocenters. The molecule has 0 spiro atoms. The highest BCUT2D eigenvalue weighted by molar-refractivity contribution is 5.66. The molecular weight excluding hydrogens is 322 g/mol. The van der Waals surface area contributed by atoms with Crippen LogP contribution in [-0.2, 0) is 27.3 Å². The second-order valence-corrected chi connectivity index (χ2v) is 6.18. The summed E-state index contributed by atoms with van der Waals surface area (Å²) < 4.78 is 13.0. The van der Waals surface area contributed by atoms with E-state index in [0.29, 0.717) is 13.0 Å². The fourth-order valence-corrected chi connectivity index (χ4v) is 2.77. The van der Waals surface area contributed by atoms with E-state index in [-0.39, 0.29) is 12.7 Å². The highest BCUT2D eigenvalue weighted by atomic mass is 16.7. The molecule has 2 heterocycles. The van der Waals surface area contributed by atoms with Gasteiger partial charge in [0.25, 0.3) is 0 Å². The zero-order valence-electron chi connectivity index (χ0n) is 14.1. The first-order valence-corrected chi connectivity index (χ1v) is 8.66. The molecule has 1 aromatic carbocycles. The molecule has 1 unspecified atom stereocenters. The van der Waals surface area contributed by atoms with Crippen LogP contribution in [0.2, 0.25) is 0 Å². The minimum Gasteiger partial charge on any atom is -0.481 e. The third kappa shape index (κ3) is 5.37. The largest absolute Gasteiger partial charge is 0.481 e. The predicted octanol–water partition coefficient (Wildman–Crippen LogP) is 2.72. The molecule has 1 N–H and O–H groups in total. The molecule has 1 saturated heterocycles. The number of rotatable bonds is 8. The maximum absolute atomic E-state index is 10.5. The van der Waals surface area contributed by atoms with Gasteiger partial charge >= 0.3 is 5.97 Å². The van der Waals surface area contributed by atoms with Crippen LogP contribution in [-0.4, -0.2) is 39.0 Å². The van der Waals surface area contributed by atoms with Gasteiger partial charge < -0.3 is 14.6 Å². The molecule has 1 aliphatic rings. The zero-order valence-corrected chi connectivity index (χ0v) is 14.1. The minimum atomic E-state index is -0.757. The number of aromatic nitrogens is 3. The highest BCUT2D eigenvalue weighted by Gasteiger charge is 2.15. The molecule has 0 amide bonds. The second kappa shape index (κ2) is 8.73. The molecule has 0 aliphatic carbocycles. The Balaban J connectivity index is 1.51. The normalized spacial score (nSPS) is 17.5. The molecule has 1 aliphatic heterocycles. The second-order valence-electron chi connectivity index (χ2n) is 6.18. The molecule has 0 saturated carbocycles. The third-order valence-electron chi connectivity index (χ3n) is 4.15. The number of ether oxygens (including phenoxy) is 2. The van der Waals surface area contributed by atoms with Crippen LogP contribution in [0.1, 0.15) is 43.4 Å². The van der Waals surface area contributed by atoms with Crippen LogP contribution >= 0.6 is 0 Å². The summed E-state index contributed by atoms with van der Waals surface area (Å²) in [6.45, 7) is 1.15. The Morgan fingerprint density at radius 1 is 1.32 bits per heavy atom. The lowest BCUT2D eigenvalue weighted by molar-refractivity contribution is -0.169. The van der Waals surface area contributed by atoms with Crippen LogP contribution in [0.5, 0.6) is 0 Å². The average molecular weight is 345 g/mol. The van der Waals surface area contributed by atoms with Crippen LogP contribution in [0, 0.1) is 0 Å². The van der Waals surface area contributed by atoms with Gasteiger partial charge in [-0.2, -0.15) is 0 Å². The van der Waals surface area contributed by atoms with Crippen LogP contribution in [0.15, 0.2) is 30.5 Å². The van der Waals surface area contributed by atoms with Gasteiger partial charge in [0.15, 0.2) is 6.29 Å². The molecule has 7 nitrogen and oxygen atoms in total. The Morgan fingerprint density at radius 3 is 2.88 bits per heavy atom. The molecule has 3 rings (SSSR count). The fourth-order valence-electron chi connectivity index (χ4n) is 2.77. The average Bonchev–Trinajstić information content (AvgIpc) is 3.10. The molecule has 25 heavy (non-hydrogen) atoms.